The number of likely N-dealkylation sites (N-methyl/N-ethyl adjacent to an activating group) is 1. The summed E-state index contributed by atoms with van der Waals surface area (Å²) < 4.78 is 10.7. The minimum atomic E-state index is 0.170. The van der Waals surface area contributed by atoms with E-state index in [2.05, 4.69) is 0 Å². The number of carbonyl (C=O) groups excluding carboxylic acids is 1. The number of methoxy groups -OCH3 is 1. The number of ether oxygens (including phenoxy) is 2. The number of amides is 1. The number of hydrogen-bond acceptors (Lipinski definition) is 3. The molecule has 4 heteroatoms. The average molecular weight is 277 g/mol. The molecule has 0 N–H and O–H groups in total. The first kappa shape index (κ1) is 14.9. The topological polar surface area (TPSA) is 38.8 Å². The van der Waals surface area contributed by atoms with Gasteiger partial charge in [-0.3, -0.25) is 4.79 Å². The van der Waals surface area contributed by atoms with Crippen LogP contribution < -0.4 is 4.74 Å². The van der Waals surface area contributed by atoms with Crippen molar-refractivity contribution in [2.24, 2.45) is 0 Å². The third-order valence-corrected chi connectivity index (χ3v) is 3.69. The maximum absolute atomic E-state index is 12.1. The van der Waals surface area contributed by atoms with Crippen LogP contribution in [0.2, 0.25) is 0 Å². The van der Waals surface area contributed by atoms with Gasteiger partial charge in [0.2, 0.25) is 5.91 Å². The highest BCUT2D eigenvalue weighted by molar-refractivity contribution is 5.76. The fourth-order valence-corrected chi connectivity index (χ4v) is 2.47. The lowest BCUT2D eigenvalue weighted by Gasteiger charge is -2.20. The van der Waals surface area contributed by atoms with E-state index in [0.29, 0.717) is 13.0 Å². The first-order chi connectivity index (χ1) is 9.69. The third kappa shape index (κ3) is 4.23. The second-order valence-electron chi connectivity index (χ2n) is 5.26. The largest absolute Gasteiger partial charge is 0.497 e. The highest BCUT2D eigenvalue weighted by Gasteiger charge is 2.19. The van der Waals surface area contributed by atoms with Gasteiger partial charge in [-0.1, -0.05) is 12.1 Å². The van der Waals surface area contributed by atoms with Crippen LogP contribution in [0.4, 0.5) is 0 Å². The molecule has 1 aliphatic heterocycles. The zero-order valence-corrected chi connectivity index (χ0v) is 12.3. The fourth-order valence-electron chi connectivity index (χ4n) is 2.47. The minimum absolute atomic E-state index is 0.170. The first-order valence-corrected chi connectivity index (χ1v) is 7.17. The smallest absolute Gasteiger partial charge is 0.222 e. The van der Waals surface area contributed by atoms with Gasteiger partial charge in [-0.15, -0.1) is 0 Å². The van der Waals surface area contributed by atoms with Gasteiger partial charge in [0.05, 0.1) is 13.2 Å². The van der Waals surface area contributed by atoms with Gasteiger partial charge in [-0.05, 0) is 37.0 Å². The Morgan fingerprint density at radius 1 is 1.50 bits per heavy atom. The summed E-state index contributed by atoms with van der Waals surface area (Å²) in [5, 5.41) is 0. The molecule has 2 rings (SSSR count). The maximum atomic E-state index is 12.1. The van der Waals surface area contributed by atoms with Gasteiger partial charge < -0.3 is 14.4 Å². The van der Waals surface area contributed by atoms with E-state index in [4.69, 9.17) is 9.47 Å². The molecule has 4 nitrogen and oxygen atoms in total. The lowest BCUT2D eigenvalue weighted by Crippen LogP contribution is -2.34. The maximum Gasteiger partial charge on any atom is 0.222 e. The average Bonchev–Trinajstić information content (AvgIpc) is 2.97. The molecule has 0 aromatic heterocycles. The van der Waals surface area contributed by atoms with Gasteiger partial charge in [0.25, 0.3) is 0 Å². The quantitative estimate of drug-likeness (QED) is 0.800. The van der Waals surface area contributed by atoms with E-state index in [-0.39, 0.29) is 12.0 Å². The number of nitrogens with zero attached hydrogens (tertiary/aromatic N) is 1. The van der Waals surface area contributed by atoms with E-state index in [1.807, 2.05) is 31.3 Å². The van der Waals surface area contributed by atoms with Crippen LogP contribution in [0.5, 0.6) is 5.75 Å². The summed E-state index contributed by atoms with van der Waals surface area (Å²) in [6.07, 6.45) is 3.66. The minimum Gasteiger partial charge on any atom is -0.497 e. The summed E-state index contributed by atoms with van der Waals surface area (Å²) in [4.78, 5) is 13.9. The molecule has 1 heterocycles. The van der Waals surface area contributed by atoms with Crippen molar-refractivity contribution in [2.45, 2.75) is 31.8 Å². The van der Waals surface area contributed by atoms with Gasteiger partial charge in [-0.2, -0.15) is 0 Å². The lowest BCUT2D eigenvalue weighted by molar-refractivity contribution is -0.131. The molecule has 0 spiro atoms. The lowest BCUT2D eigenvalue weighted by atomic mass is 10.1. The van der Waals surface area contributed by atoms with Gasteiger partial charge >= 0.3 is 0 Å². The van der Waals surface area contributed by atoms with Crippen LogP contribution in [-0.2, 0) is 16.0 Å². The van der Waals surface area contributed by atoms with Gasteiger partial charge in [0, 0.05) is 26.6 Å². The monoisotopic (exact) mass is 277 g/mol. The Labute approximate surface area is 120 Å². The molecule has 0 aliphatic carbocycles. The number of rotatable bonds is 6. The molecule has 0 bridgehead atoms. The highest BCUT2D eigenvalue weighted by Crippen LogP contribution is 2.15. The molecule has 1 aromatic rings. The van der Waals surface area contributed by atoms with Gasteiger partial charge in [0.1, 0.15) is 5.75 Å². The van der Waals surface area contributed by atoms with Crippen molar-refractivity contribution in [3.8, 4) is 5.75 Å². The predicted octanol–water partition coefficient (Wildman–Crippen LogP) is 2.27. The molecule has 1 aromatic carbocycles. The number of benzene rings is 1. The Kier molecular flexibility index (Phi) is 5.41. The Morgan fingerprint density at radius 3 is 3.05 bits per heavy atom. The Morgan fingerprint density at radius 2 is 2.35 bits per heavy atom. The van der Waals surface area contributed by atoms with Crippen LogP contribution in [0.1, 0.15) is 24.8 Å². The molecular weight excluding hydrogens is 254 g/mol. The molecule has 1 atom stereocenters. The molecule has 1 amide bonds. The highest BCUT2D eigenvalue weighted by atomic mass is 16.5. The summed E-state index contributed by atoms with van der Waals surface area (Å²) >= 11 is 0. The van der Waals surface area contributed by atoms with Crippen molar-refractivity contribution in [3.05, 3.63) is 29.8 Å². The van der Waals surface area contributed by atoms with Crippen molar-refractivity contribution in [3.63, 3.8) is 0 Å². The zero-order valence-electron chi connectivity index (χ0n) is 12.3. The molecule has 0 radical (unpaired) electrons. The van der Waals surface area contributed by atoms with Crippen LogP contribution in [0.25, 0.3) is 0 Å². The van der Waals surface area contributed by atoms with Crippen molar-refractivity contribution < 1.29 is 14.3 Å². The molecule has 1 unspecified atom stereocenters. The Hall–Kier alpha value is -1.55. The van der Waals surface area contributed by atoms with E-state index in [1.165, 1.54) is 0 Å². The molecule has 20 heavy (non-hydrogen) atoms. The summed E-state index contributed by atoms with van der Waals surface area (Å²) in [5.41, 5.74) is 1.13. The molecular formula is C16H23NO3. The number of hydrogen-bond donors (Lipinski definition) is 0. The molecule has 110 valence electrons. The summed E-state index contributed by atoms with van der Waals surface area (Å²) in [5.74, 6) is 1.01. The summed E-state index contributed by atoms with van der Waals surface area (Å²) in [6.45, 7) is 1.54. The molecule has 1 aliphatic rings. The molecule has 1 fully saturated rings. The van der Waals surface area contributed by atoms with Crippen LogP contribution in [0, 0.1) is 0 Å². The van der Waals surface area contributed by atoms with Crippen LogP contribution >= 0.6 is 0 Å². The van der Waals surface area contributed by atoms with E-state index in [1.54, 1.807) is 12.0 Å². The van der Waals surface area contributed by atoms with Crippen LogP contribution in [0.15, 0.2) is 24.3 Å². The fraction of sp³-hybridized carbons (Fsp3) is 0.562. The summed E-state index contributed by atoms with van der Waals surface area (Å²) in [6, 6.07) is 7.87. The van der Waals surface area contributed by atoms with Gasteiger partial charge in [0.15, 0.2) is 0 Å². The Bertz CT molecular complexity index is 441. The van der Waals surface area contributed by atoms with Crippen molar-refractivity contribution >= 4 is 5.91 Å². The van der Waals surface area contributed by atoms with Crippen molar-refractivity contribution in [1.29, 1.82) is 0 Å². The second kappa shape index (κ2) is 7.29. The predicted molar refractivity (Wildman–Crippen MR) is 77.9 cm³/mol. The molecule has 0 saturated carbocycles. The van der Waals surface area contributed by atoms with Gasteiger partial charge in [-0.25, -0.2) is 0 Å². The SMILES string of the molecule is COc1cccc(CCC(=O)N(C)CC2CCCO2)c1. The number of carbonyl (C=O) groups is 1. The Balaban J connectivity index is 1.78. The normalized spacial score (nSPS) is 18.0. The van der Waals surface area contributed by atoms with E-state index in [9.17, 15) is 4.79 Å². The number of aryl methyl sites for hydroxylation is 1. The standard InChI is InChI=1S/C16H23NO3/c1-17(12-15-7-4-10-20-15)16(18)9-8-13-5-3-6-14(11-13)19-2/h3,5-6,11,15H,4,7-10,12H2,1-2H3. The van der Waals surface area contributed by atoms with Crippen LogP contribution in [0.3, 0.4) is 0 Å². The van der Waals surface area contributed by atoms with Crippen LogP contribution in [-0.4, -0.2) is 44.2 Å². The van der Waals surface area contributed by atoms with E-state index < -0.39 is 0 Å². The second-order valence-corrected chi connectivity index (χ2v) is 5.26. The zero-order chi connectivity index (χ0) is 14.4. The van der Waals surface area contributed by atoms with Crippen molar-refractivity contribution in [1.82, 2.24) is 4.90 Å². The molecule has 1 saturated heterocycles. The summed E-state index contributed by atoms with van der Waals surface area (Å²) in [7, 11) is 3.51. The van der Waals surface area contributed by atoms with Crippen molar-refractivity contribution in [2.75, 3.05) is 27.3 Å². The van der Waals surface area contributed by atoms with E-state index in [0.717, 1.165) is 37.2 Å². The van der Waals surface area contributed by atoms with E-state index >= 15 is 0 Å². The first-order valence-electron chi connectivity index (χ1n) is 7.17. The third-order valence-electron chi connectivity index (χ3n) is 3.69.